The van der Waals surface area contributed by atoms with Crippen molar-refractivity contribution in [1.82, 2.24) is 5.32 Å². The highest BCUT2D eigenvalue weighted by Crippen LogP contribution is 2.13. The monoisotopic (exact) mass is 290 g/mol. The van der Waals surface area contributed by atoms with Gasteiger partial charge < -0.3 is 15.4 Å². The van der Waals surface area contributed by atoms with Gasteiger partial charge in [0.25, 0.3) is 0 Å². The number of esters is 1. The number of carbonyl (C=O) groups excluding carboxylic acids is 2. The molecule has 2 N–H and O–H groups in total. The maximum absolute atomic E-state index is 11.9. The van der Waals surface area contributed by atoms with Crippen molar-refractivity contribution in [3.63, 3.8) is 0 Å². The summed E-state index contributed by atoms with van der Waals surface area (Å²) in [4.78, 5) is 22.5. The molecule has 1 aromatic rings. The average molecular weight is 290 g/mol. The maximum Gasteiger partial charge on any atom is 0.405 e. The molecular formula is C12H13F3N2O3. The van der Waals surface area contributed by atoms with Crippen molar-refractivity contribution in [3.8, 4) is 0 Å². The first kappa shape index (κ1) is 15.8. The van der Waals surface area contributed by atoms with Crippen LogP contribution in [0.4, 0.5) is 23.7 Å². The molecule has 0 spiro atoms. The van der Waals surface area contributed by atoms with Crippen LogP contribution < -0.4 is 10.6 Å². The van der Waals surface area contributed by atoms with E-state index in [4.69, 9.17) is 4.74 Å². The third-order valence-electron chi connectivity index (χ3n) is 2.10. The van der Waals surface area contributed by atoms with Gasteiger partial charge in [-0.1, -0.05) is 0 Å². The normalized spacial score (nSPS) is 10.8. The van der Waals surface area contributed by atoms with Crippen molar-refractivity contribution >= 4 is 17.7 Å². The fourth-order valence-electron chi connectivity index (χ4n) is 1.26. The Kier molecular flexibility index (Phi) is 5.36. The van der Waals surface area contributed by atoms with Gasteiger partial charge in [0.1, 0.15) is 6.54 Å². The third kappa shape index (κ3) is 5.59. The van der Waals surface area contributed by atoms with E-state index in [0.717, 1.165) is 0 Å². The van der Waals surface area contributed by atoms with Crippen LogP contribution in [0.15, 0.2) is 24.3 Å². The molecule has 8 heteroatoms. The van der Waals surface area contributed by atoms with Gasteiger partial charge in [-0.15, -0.1) is 0 Å². The van der Waals surface area contributed by atoms with Crippen LogP contribution in [0.1, 0.15) is 17.3 Å². The number of hydrogen-bond donors (Lipinski definition) is 2. The molecule has 1 rings (SSSR count). The van der Waals surface area contributed by atoms with E-state index in [0.29, 0.717) is 0 Å². The molecule has 0 radical (unpaired) electrons. The molecule has 0 unspecified atom stereocenters. The summed E-state index contributed by atoms with van der Waals surface area (Å²) < 4.78 is 40.4. The molecule has 0 aliphatic rings. The number of carbonyl (C=O) groups is 2. The smallest absolute Gasteiger partial charge is 0.405 e. The Labute approximate surface area is 113 Å². The van der Waals surface area contributed by atoms with Gasteiger partial charge in [0.15, 0.2) is 0 Å². The minimum absolute atomic E-state index is 0.235. The van der Waals surface area contributed by atoms with Crippen molar-refractivity contribution in [3.05, 3.63) is 29.8 Å². The molecule has 110 valence electrons. The van der Waals surface area contributed by atoms with Gasteiger partial charge in [0.05, 0.1) is 12.2 Å². The first-order valence-corrected chi connectivity index (χ1v) is 5.70. The lowest BCUT2D eigenvalue weighted by Crippen LogP contribution is -2.36. The van der Waals surface area contributed by atoms with E-state index >= 15 is 0 Å². The molecule has 1 aromatic carbocycles. The van der Waals surface area contributed by atoms with E-state index in [-0.39, 0.29) is 17.9 Å². The van der Waals surface area contributed by atoms with Crippen LogP contribution in [0.25, 0.3) is 0 Å². The first-order chi connectivity index (χ1) is 9.31. The minimum atomic E-state index is -4.47. The molecule has 5 nitrogen and oxygen atoms in total. The van der Waals surface area contributed by atoms with Crippen LogP contribution in [-0.2, 0) is 4.74 Å². The molecule has 0 atom stereocenters. The van der Waals surface area contributed by atoms with Crippen molar-refractivity contribution < 1.29 is 27.5 Å². The van der Waals surface area contributed by atoms with Crippen molar-refractivity contribution in [2.24, 2.45) is 0 Å². The summed E-state index contributed by atoms with van der Waals surface area (Å²) in [6.07, 6.45) is -4.47. The number of halogens is 3. The number of nitrogens with one attached hydrogen (secondary N) is 2. The molecule has 0 aliphatic heterocycles. The van der Waals surface area contributed by atoms with Crippen molar-refractivity contribution in [2.75, 3.05) is 18.5 Å². The predicted octanol–water partition coefficient (Wildman–Crippen LogP) is 2.55. The zero-order valence-electron chi connectivity index (χ0n) is 10.6. The summed E-state index contributed by atoms with van der Waals surface area (Å²) in [5.74, 6) is -0.513. The van der Waals surface area contributed by atoms with Gasteiger partial charge in [-0.2, -0.15) is 13.2 Å². The Hall–Kier alpha value is -2.25. The summed E-state index contributed by atoms with van der Waals surface area (Å²) in [7, 11) is 0. The zero-order chi connectivity index (χ0) is 15.2. The quantitative estimate of drug-likeness (QED) is 0.837. The molecule has 20 heavy (non-hydrogen) atoms. The lowest BCUT2D eigenvalue weighted by atomic mass is 10.2. The summed E-state index contributed by atoms with van der Waals surface area (Å²) in [5.41, 5.74) is 0.547. The molecule has 0 heterocycles. The largest absolute Gasteiger partial charge is 0.462 e. The summed E-state index contributed by atoms with van der Waals surface area (Å²) in [5, 5.41) is 3.87. The maximum atomic E-state index is 11.9. The van der Waals surface area contributed by atoms with Crippen molar-refractivity contribution in [2.45, 2.75) is 13.1 Å². The Morgan fingerprint density at radius 2 is 1.80 bits per heavy atom. The number of hydrogen-bond acceptors (Lipinski definition) is 3. The van der Waals surface area contributed by atoms with E-state index in [1.54, 1.807) is 12.2 Å². The van der Waals surface area contributed by atoms with Gasteiger partial charge in [-0.3, -0.25) is 0 Å². The molecule has 0 aromatic heterocycles. The van der Waals surface area contributed by atoms with Crippen LogP contribution in [0.5, 0.6) is 0 Å². The number of amides is 2. The summed E-state index contributed by atoms with van der Waals surface area (Å²) in [6, 6.07) is 4.60. The van der Waals surface area contributed by atoms with Gasteiger partial charge in [-0.05, 0) is 31.2 Å². The van der Waals surface area contributed by atoms with Gasteiger partial charge in [0.2, 0.25) is 0 Å². The highest BCUT2D eigenvalue weighted by Gasteiger charge is 2.27. The van der Waals surface area contributed by atoms with Crippen LogP contribution in [0, 0.1) is 0 Å². The Morgan fingerprint density at radius 3 is 2.30 bits per heavy atom. The zero-order valence-corrected chi connectivity index (χ0v) is 10.6. The average Bonchev–Trinajstić information content (AvgIpc) is 2.37. The Balaban J connectivity index is 2.53. The Morgan fingerprint density at radius 1 is 1.20 bits per heavy atom. The highest BCUT2D eigenvalue weighted by molar-refractivity contribution is 5.92. The summed E-state index contributed by atoms with van der Waals surface area (Å²) >= 11 is 0. The molecule has 2 amide bonds. The van der Waals surface area contributed by atoms with Crippen LogP contribution in [0.2, 0.25) is 0 Å². The van der Waals surface area contributed by atoms with E-state index in [1.165, 1.54) is 24.3 Å². The number of urea groups is 1. The van der Waals surface area contributed by atoms with E-state index in [1.807, 2.05) is 0 Å². The number of ether oxygens (including phenoxy) is 1. The number of rotatable bonds is 4. The minimum Gasteiger partial charge on any atom is -0.462 e. The topological polar surface area (TPSA) is 67.4 Å². The fraction of sp³-hybridized carbons (Fsp3) is 0.333. The third-order valence-corrected chi connectivity index (χ3v) is 2.10. The number of benzene rings is 1. The molecule has 0 aliphatic carbocycles. The second-order valence-electron chi connectivity index (χ2n) is 3.72. The van der Waals surface area contributed by atoms with Crippen LogP contribution in [0.3, 0.4) is 0 Å². The predicted molar refractivity (Wildman–Crippen MR) is 65.5 cm³/mol. The molecule has 0 saturated carbocycles. The van der Waals surface area contributed by atoms with E-state index in [9.17, 15) is 22.8 Å². The SMILES string of the molecule is CCOC(=O)c1ccc(NC(=O)NCC(F)(F)F)cc1. The molecule has 0 bridgehead atoms. The van der Waals surface area contributed by atoms with Gasteiger partial charge >= 0.3 is 18.2 Å². The molecular weight excluding hydrogens is 277 g/mol. The van der Waals surface area contributed by atoms with Crippen LogP contribution in [-0.4, -0.2) is 31.3 Å². The number of alkyl halides is 3. The highest BCUT2D eigenvalue weighted by atomic mass is 19.4. The van der Waals surface area contributed by atoms with Crippen molar-refractivity contribution in [1.29, 1.82) is 0 Å². The Bertz CT molecular complexity index is 472. The lowest BCUT2D eigenvalue weighted by molar-refractivity contribution is -0.122. The fourth-order valence-corrected chi connectivity index (χ4v) is 1.26. The van der Waals surface area contributed by atoms with Gasteiger partial charge in [0, 0.05) is 5.69 Å². The van der Waals surface area contributed by atoms with Crippen LogP contribution >= 0.6 is 0 Å². The second kappa shape index (κ2) is 6.78. The molecule has 0 fully saturated rings. The first-order valence-electron chi connectivity index (χ1n) is 5.70. The molecule has 0 saturated heterocycles. The van der Waals surface area contributed by atoms with E-state index in [2.05, 4.69) is 5.32 Å². The van der Waals surface area contributed by atoms with Gasteiger partial charge in [-0.25, -0.2) is 9.59 Å². The number of anilines is 1. The van der Waals surface area contributed by atoms with E-state index < -0.39 is 24.7 Å². The second-order valence-corrected chi connectivity index (χ2v) is 3.72. The standard InChI is InChI=1S/C12H13F3N2O3/c1-2-20-10(18)8-3-5-9(6-4-8)17-11(19)16-7-12(13,14)15/h3-6H,2,7H2,1H3,(H2,16,17,19). The lowest BCUT2D eigenvalue weighted by Gasteiger charge is -2.10. The summed E-state index contributed by atoms with van der Waals surface area (Å²) in [6.45, 7) is 0.483.